The summed E-state index contributed by atoms with van der Waals surface area (Å²) in [5.74, 6) is -0.205. The molecule has 2 aromatic heterocycles. The van der Waals surface area contributed by atoms with Crippen LogP contribution in [0.3, 0.4) is 0 Å². The van der Waals surface area contributed by atoms with E-state index in [2.05, 4.69) is 36.9 Å². The van der Waals surface area contributed by atoms with Gasteiger partial charge in [-0.25, -0.2) is 4.98 Å². The Morgan fingerprint density at radius 1 is 0.970 bits per heavy atom. The topological polar surface area (TPSA) is 109 Å². The van der Waals surface area contributed by atoms with Crippen LogP contribution in [0.1, 0.15) is 41.8 Å². The maximum absolute atomic E-state index is 12.4. The van der Waals surface area contributed by atoms with Crippen LogP contribution in [0.4, 0.5) is 0 Å². The number of amides is 3. The molecule has 0 aliphatic rings. The lowest BCUT2D eigenvalue weighted by Crippen LogP contribution is -2.26. The number of halogens is 1. The number of benzene rings is 1. The first-order valence-corrected chi connectivity index (χ1v) is 11.7. The van der Waals surface area contributed by atoms with Crippen LogP contribution in [0.15, 0.2) is 52.3 Å². The van der Waals surface area contributed by atoms with Gasteiger partial charge in [0, 0.05) is 26.2 Å². The Morgan fingerprint density at radius 2 is 1.64 bits per heavy atom. The van der Waals surface area contributed by atoms with Crippen molar-refractivity contribution in [2.75, 3.05) is 20.7 Å². The van der Waals surface area contributed by atoms with Crippen LogP contribution in [0.5, 0.6) is 5.75 Å². The van der Waals surface area contributed by atoms with E-state index in [1.54, 1.807) is 31.4 Å². The molecule has 3 N–H and O–H groups in total. The van der Waals surface area contributed by atoms with E-state index in [1.165, 1.54) is 18.4 Å². The third-order valence-electron chi connectivity index (χ3n) is 4.72. The van der Waals surface area contributed by atoms with Crippen molar-refractivity contribution >= 4 is 45.0 Å². The van der Waals surface area contributed by atoms with Crippen LogP contribution in [-0.4, -0.2) is 43.4 Å². The summed E-state index contributed by atoms with van der Waals surface area (Å²) >= 11 is 4.70. The lowest BCUT2D eigenvalue weighted by atomic mass is 10.1. The fraction of sp³-hybridized carbons (Fsp3) is 0.217. The molecule has 0 aliphatic carbocycles. The van der Waals surface area contributed by atoms with Crippen LogP contribution in [0.25, 0.3) is 0 Å². The molecular weight excluding hydrogens is 508 g/mol. The molecule has 0 radical (unpaired) electrons. The zero-order chi connectivity index (χ0) is 23.8. The average molecular weight is 531 g/mol. The van der Waals surface area contributed by atoms with E-state index in [0.29, 0.717) is 30.1 Å². The molecular formula is C23H23BrN4O4S. The summed E-state index contributed by atoms with van der Waals surface area (Å²) in [6.45, 7) is 0.830. The molecule has 33 heavy (non-hydrogen) atoms. The predicted octanol–water partition coefficient (Wildman–Crippen LogP) is 3.18. The monoisotopic (exact) mass is 530 g/mol. The smallest absolute Gasteiger partial charge is 0.270 e. The van der Waals surface area contributed by atoms with Crippen LogP contribution in [-0.2, 0) is 13.0 Å². The molecule has 10 heteroatoms. The van der Waals surface area contributed by atoms with E-state index in [9.17, 15) is 14.4 Å². The summed E-state index contributed by atoms with van der Waals surface area (Å²) in [7, 11) is 3.07. The summed E-state index contributed by atoms with van der Waals surface area (Å²) in [5.41, 5.74) is 2.36. The maximum atomic E-state index is 12.4. The number of nitrogens with zero attached hydrogens (tertiary/aromatic N) is 1. The van der Waals surface area contributed by atoms with Crippen molar-refractivity contribution in [1.82, 2.24) is 20.9 Å². The Kier molecular flexibility index (Phi) is 8.56. The van der Waals surface area contributed by atoms with Crippen molar-refractivity contribution < 1.29 is 19.1 Å². The Balaban J connectivity index is 1.46. The number of hydrogen-bond donors (Lipinski definition) is 3. The first-order valence-electron chi connectivity index (χ1n) is 10.1. The minimum absolute atomic E-state index is 0.141. The second-order valence-electron chi connectivity index (χ2n) is 6.94. The molecule has 0 fully saturated rings. The highest BCUT2D eigenvalue weighted by Crippen LogP contribution is 2.34. The highest BCUT2D eigenvalue weighted by molar-refractivity contribution is 9.11. The summed E-state index contributed by atoms with van der Waals surface area (Å²) < 4.78 is 5.96. The Hall–Kier alpha value is -3.24. The van der Waals surface area contributed by atoms with E-state index in [0.717, 1.165) is 14.9 Å². The first-order chi connectivity index (χ1) is 15.9. The molecule has 1 aromatic carbocycles. The van der Waals surface area contributed by atoms with Gasteiger partial charge in [0.05, 0.1) is 12.0 Å². The van der Waals surface area contributed by atoms with E-state index in [1.807, 2.05) is 24.3 Å². The number of rotatable bonds is 9. The number of methoxy groups -OCH3 is 1. The third-order valence-corrected chi connectivity index (χ3v) is 6.50. The Labute approximate surface area is 203 Å². The lowest BCUT2D eigenvalue weighted by Gasteiger charge is -2.08. The summed E-state index contributed by atoms with van der Waals surface area (Å²) in [6.07, 6.45) is 0.679. The van der Waals surface area contributed by atoms with Gasteiger partial charge in [-0.1, -0.05) is 30.3 Å². The Morgan fingerprint density at radius 3 is 2.27 bits per heavy atom. The van der Waals surface area contributed by atoms with Gasteiger partial charge in [-0.3, -0.25) is 14.4 Å². The molecule has 0 bridgehead atoms. The number of carbonyl (C=O) groups is 3. The minimum atomic E-state index is -0.357. The fourth-order valence-electron chi connectivity index (χ4n) is 2.92. The molecule has 3 amide bonds. The minimum Gasteiger partial charge on any atom is -0.495 e. The van der Waals surface area contributed by atoms with E-state index >= 15 is 0 Å². The molecule has 3 aromatic rings. The van der Waals surface area contributed by atoms with Crippen LogP contribution in [0, 0.1) is 0 Å². The van der Waals surface area contributed by atoms with Gasteiger partial charge in [0.25, 0.3) is 17.7 Å². The summed E-state index contributed by atoms with van der Waals surface area (Å²) in [6, 6.07) is 14.2. The molecule has 0 unspecified atom stereocenters. The van der Waals surface area contributed by atoms with Crippen LogP contribution < -0.4 is 20.7 Å². The lowest BCUT2D eigenvalue weighted by molar-refractivity contribution is 0.0939. The number of pyridine rings is 1. The van der Waals surface area contributed by atoms with Gasteiger partial charge in [-0.15, -0.1) is 11.3 Å². The molecule has 0 aliphatic heterocycles. The zero-order valence-electron chi connectivity index (χ0n) is 18.1. The number of hydrogen-bond acceptors (Lipinski definition) is 6. The number of nitrogens with one attached hydrogen (secondary N) is 3. The molecule has 3 rings (SSSR count). The standard InChI is InChI=1S/C23H23BrN4O4S/c1-25-21(29)16-4-3-5-17(28-16)22(30)27-13-15-8-6-14(7-9-15)10-11-26-23(31)19-12-18(32-2)20(24)33-19/h3-9,12H,10-11,13H2,1-2H3,(H,25,29)(H,26,31)(H,27,30). The molecule has 0 atom stereocenters. The SMILES string of the molecule is CNC(=O)c1cccc(C(=O)NCc2ccc(CCNC(=O)c3cc(OC)c(Br)s3)cc2)n1. The van der Waals surface area contributed by atoms with Crippen molar-refractivity contribution in [3.63, 3.8) is 0 Å². The molecule has 0 saturated carbocycles. The van der Waals surface area contributed by atoms with Crippen molar-refractivity contribution in [1.29, 1.82) is 0 Å². The van der Waals surface area contributed by atoms with E-state index < -0.39 is 0 Å². The van der Waals surface area contributed by atoms with Crippen molar-refractivity contribution in [3.8, 4) is 5.75 Å². The van der Waals surface area contributed by atoms with Gasteiger partial charge in [0.2, 0.25) is 0 Å². The fourth-order valence-corrected chi connectivity index (χ4v) is 4.49. The highest BCUT2D eigenvalue weighted by atomic mass is 79.9. The number of thiophene rings is 1. The van der Waals surface area contributed by atoms with Gasteiger partial charge in [0.15, 0.2) is 0 Å². The van der Waals surface area contributed by atoms with Gasteiger partial charge >= 0.3 is 0 Å². The van der Waals surface area contributed by atoms with Crippen molar-refractivity contribution in [2.45, 2.75) is 13.0 Å². The van der Waals surface area contributed by atoms with E-state index in [4.69, 9.17) is 4.74 Å². The number of ether oxygens (including phenoxy) is 1. The molecule has 8 nitrogen and oxygen atoms in total. The van der Waals surface area contributed by atoms with Gasteiger partial charge in [0.1, 0.15) is 20.9 Å². The maximum Gasteiger partial charge on any atom is 0.270 e. The molecule has 0 saturated heterocycles. The highest BCUT2D eigenvalue weighted by Gasteiger charge is 2.14. The summed E-state index contributed by atoms with van der Waals surface area (Å²) in [4.78, 5) is 41.0. The number of carbonyl (C=O) groups excluding carboxylic acids is 3. The van der Waals surface area contributed by atoms with Gasteiger partial charge in [-0.05, 0) is 45.6 Å². The number of aromatic nitrogens is 1. The normalized spacial score (nSPS) is 10.4. The van der Waals surface area contributed by atoms with Crippen molar-refractivity contribution in [3.05, 3.63) is 79.7 Å². The average Bonchev–Trinajstić information content (AvgIpc) is 3.23. The van der Waals surface area contributed by atoms with Crippen molar-refractivity contribution in [2.24, 2.45) is 0 Å². The largest absolute Gasteiger partial charge is 0.495 e. The zero-order valence-corrected chi connectivity index (χ0v) is 20.5. The Bertz CT molecular complexity index is 1150. The molecule has 0 spiro atoms. The van der Waals surface area contributed by atoms with Gasteiger partial charge < -0.3 is 20.7 Å². The van der Waals surface area contributed by atoms with Crippen LogP contribution >= 0.6 is 27.3 Å². The third kappa shape index (κ3) is 6.62. The second kappa shape index (κ2) is 11.6. The first kappa shape index (κ1) is 24.4. The second-order valence-corrected chi connectivity index (χ2v) is 9.32. The quantitative estimate of drug-likeness (QED) is 0.393. The van der Waals surface area contributed by atoms with Gasteiger partial charge in [-0.2, -0.15) is 0 Å². The summed E-state index contributed by atoms with van der Waals surface area (Å²) in [5, 5.41) is 8.19. The predicted molar refractivity (Wildman–Crippen MR) is 130 cm³/mol. The molecule has 172 valence electrons. The van der Waals surface area contributed by atoms with Crippen LogP contribution in [0.2, 0.25) is 0 Å². The van der Waals surface area contributed by atoms with E-state index in [-0.39, 0.29) is 29.1 Å². The molecule has 2 heterocycles.